The van der Waals surface area contributed by atoms with Gasteiger partial charge in [-0.05, 0) is 12.1 Å². The smallest absolute Gasteiger partial charge is 0.339 e. The van der Waals surface area contributed by atoms with E-state index in [9.17, 15) is 13.2 Å². The van der Waals surface area contributed by atoms with Crippen LogP contribution in [0.2, 0.25) is 0 Å². The van der Waals surface area contributed by atoms with Crippen LogP contribution in [-0.4, -0.2) is 28.5 Å². The molecule has 0 amide bonds. The third-order valence-corrected chi connectivity index (χ3v) is 2.87. The van der Waals surface area contributed by atoms with Crippen molar-refractivity contribution in [3.05, 3.63) is 29.8 Å². The van der Waals surface area contributed by atoms with E-state index in [-0.39, 0.29) is 11.3 Å². The van der Waals surface area contributed by atoms with Gasteiger partial charge in [-0.2, -0.15) is 8.42 Å². The van der Waals surface area contributed by atoms with Gasteiger partial charge in [0.15, 0.2) is 0 Å². The second-order valence-electron chi connectivity index (χ2n) is 2.85. The molecule has 0 aliphatic heterocycles. The van der Waals surface area contributed by atoms with E-state index in [0.717, 1.165) is 0 Å². The van der Waals surface area contributed by atoms with Crippen LogP contribution in [0.1, 0.15) is 10.4 Å². The van der Waals surface area contributed by atoms with Gasteiger partial charge in [0.25, 0.3) is 10.2 Å². The van der Waals surface area contributed by atoms with Gasteiger partial charge in [0, 0.05) is 7.05 Å². The Labute approximate surface area is 93.8 Å². The molecule has 0 aromatic heterocycles. The number of carbonyl (C=O) groups excluding carboxylic acids is 1. The Morgan fingerprint density at radius 2 is 1.94 bits per heavy atom. The van der Waals surface area contributed by atoms with E-state index < -0.39 is 16.2 Å². The van der Waals surface area contributed by atoms with Crippen molar-refractivity contribution in [2.45, 2.75) is 0 Å². The van der Waals surface area contributed by atoms with E-state index in [1.165, 1.54) is 26.3 Å². The summed E-state index contributed by atoms with van der Waals surface area (Å²) in [6, 6.07) is 6.17. The van der Waals surface area contributed by atoms with Crippen LogP contribution in [0.15, 0.2) is 24.3 Å². The van der Waals surface area contributed by atoms with Crippen LogP contribution in [-0.2, 0) is 14.9 Å². The number of esters is 1. The molecule has 0 atom stereocenters. The molecule has 1 aromatic carbocycles. The SMILES string of the molecule is CNS(=O)(=O)Nc1ccccc1C(=O)OC. The van der Waals surface area contributed by atoms with E-state index >= 15 is 0 Å². The fourth-order valence-electron chi connectivity index (χ4n) is 1.06. The van der Waals surface area contributed by atoms with Gasteiger partial charge in [-0.15, -0.1) is 0 Å². The molecule has 6 nitrogen and oxygen atoms in total. The zero-order valence-corrected chi connectivity index (χ0v) is 9.67. The Balaban J connectivity index is 3.10. The molecule has 1 aromatic rings. The van der Waals surface area contributed by atoms with Crippen molar-refractivity contribution in [2.75, 3.05) is 18.9 Å². The molecule has 0 heterocycles. The molecule has 0 saturated heterocycles. The first-order valence-electron chi connectivity index (χ1n) is 4.39. The number of hydrogen-bond acceptors (Lipinski definition) is 4. The Bertz CT molecular complexity index is 484. The predicted octanol–water partition coefficient (Wildman–Crippen LogP) is 0.349. The molecular formula is C9H12N2O4S. The summed E-state index contributed by atoms with van der Waals surface area (Å²) < 4.78 is 31.3. The third-order valence-electron chi connectivity index (χ3n) is 1.85. The molecule has 88 valence electrons. The van der Waals surface area contributed by atoms with Crippen LogP contribution in [0.5, 0.6) is 0 Å². The number of rotatable bonds is 4. The average Bonchev–Trinajstić information content (AvgIpc) is 2.28. The summed E-state index contributed by atoms with van der Waals surface area (Å²) >= 11 is 0. The first-order valence-corrected chi connectivity index (χ1v) is 5.87. The summed E-state index contributed by atoms with van der Waals surface area (Å²) in [5.41, 5.74) is 0.326. The zero-order valence-electron chi connectivity index (χ0n) is 8.85. The maximum atomic E-state index is 11.3. The number of nitrogens with one attached hydrogen (secondary N) is 2. The minimum absolute atomic E-state index is 0.156. The summed E-state index contributed by atoms with van der Waals surface area (Å²) in [6.07, 6.45) is 0. The van der Waals surface area contributed by atoms with E-state index in [0.29, 0.717) is 0 Å². The molecule has 0 aliphatic carbocycles. The van der Waals surface area contributed by atoms with Gasteiger partial charge in [-0.1, -0.05) is 12.1 Å². The second kappa shape index (κ2) is 4.95. The molecule has 2 N–H and O–H groups in total. The van der Waals surface area contributed by atoms with Crippen molar-refractivity contribution in [1.82, 2.24) is 4.72 Å². The van der Waals surface area contributed by atoms with Gasteiger partial charge in [0.05, 0.1) is 18.4 Å². The summed E-state index contributed by atoms with van der Waals surface area (Å²) in [5, 5.41) is 0. The van der Waals surface area contributed by atoms with E-state index in [1.807, 2.05) is 0 Å². The quantitative estimate of drug-likeness (QED) is 0.748. The van der Waals surface area contributed by atoms with Gasteiger partial charge in [0.1, 0.15) is 0 Å². The third kappa shape index (κ3) is 2.94. The highest BCUT2D eigenvalue weighted by molar-refractivity contribution is 7.90. The first kappa shape index (κ1) is 12.5. The lowest BCUT2D eigenvalue weighted by molar-refractivity contribution is 0.0602. The zero-order chi connectivity index (χ0) is 12.2. The van der Waals surface area contributed by atoms with Gasteiger partial charge in [0.2, 0.25) is 0 Å². The van der Waals surface area contributed by atoms with Gasteiger partial charge < -0.3 is 4.74 Å². The Hall–Kier alpha value is -1.60. The number of benzene rings is 1. The fraction of sp³-hybridized carbons (Fsp3) is 0.222. The normalized spacial score (nSPS) is 10.9. The van der Waals surface area contributed by atoms with Crippen molar-refractivity contribution < 1.29 is 17.9 Å². The molecule has 1 rings (SSSR count). The molecule has 16 heavy (non-hydrogen) atoms. The standard InChI is InChI=1S/C9H12N2O4S/c1-10-16(13,14)11-8-6-4-3-5-7(8)9(12)15-2/h3-6,10-11H,1-2H3. The van der Waals surface area contributed by atoms with Crippen molar-refractivity contribution in [1.29, 1.82) is 0 Å². The highest BCUT2D eigenvalue weighted by Crippen LogP contribution is 2.16. The summed E-state index contributed by atoms with van der Waals surface area (Å²) in [6.45, 7) is 0. The molecule has 0 bridgehead atoms. The van der Waals surface area contributed by atoms with Crippen LogP contribution < -0.4 is 9.44 Å². The molecule has 0 saturated carbocycles. The number of ether oxygens (including phenoxy) is 1. The number of carbonyl (C=O) groups is 1. The van der Waals surface area contributed by atoms with E-state index in [1.54, 1.807) is 12.1 Å². The monoisotopic (exact) mass is 244 g/mol. The summed E-state index contributed by atoms with van der Waals surface area (Å²) in [5.74, 6) is -0.602. The van der Waals surface area contributed by atoms with E-state index in [4.69, 9.17) is 0 Å². The second-order valence-corrected chi connectivity index (χ2v) is 4.47. The number of methoxy groups -OCH3 is 1. The van der Waals surface area contributed by atoms with Crippen LogP contribution in [0.3, 0.4) is 0 Å². The Kier molecular flexibility index (Phi) is 3.86. The molecule has 0 spiro atoms. The average molecular weight is 244 g/mol. The minimum Gasteiger partial charge on any atom is -0.465 e. The van der Waals surface area contributed by atoms with Crippen LogP contribution >= 0.6 is 0 Å². The molecule has 0 unspecified atom stereocenters. The van der Waals surface area contributed by atoms with Gasteiger partial charge in [-0.25, -0.2) is 9.52 Å². The van der Waals surface area contributed by atoms with Crippen molar-refractivity contribution in [2.24, 2.45) is 0 Å². The van der Waals surface area contributed by atoms with Crippen LogP contribution in [0.4, 0.5) is 5.69 Å². The van der Waals surface area contributed by atoms with Gasteiger partial charge in [-0.3, -0.25) is 4.72 Å². The fourth-order valence-corrected chi connectivity index (χ4v) is 1.63. The first-order chi connectivity index (χ1) is 7.50. The van der Waals surface area contributed by atoms with Crippen molar-refractivity contribution >= 4 is 21.9 Å². The molecule has 0 fully saturated rings. The summed E-state index contributed by atoms with van der Waals surface area (Å²) in [7, 11) is -1.15. The maximum absolute atomic E-state index is 11.3. The number of anilines is 1. The molecule has 0 radical (unpaired) electrons. The van der Waals surface area contributed by atoms with Crippen molar-refractivity contribution in [3.63, 3.8) is 0 Å². The lowest BCUT2D eigenvalue weighted by Gasteiger charge is -2.09. The van der Waals surface area contributed by atoms with Crippen molar-refractivity contribution in [3.8, 4) is 0 Å². The highest BCUT2D eigenvalue weighted by Gasteiger charge is 2.14. The predicted molar refractivity (Wildman–Crippen MR) is 59.4 cm³/mol. The molecule has 0 aliphatic rings. The number of hydrogen-bond donors (Lipinski definition) is 2. The summed E-state index contributed by atoms with van der Waals surface area (Å²) in [4.78, 5) is 11.3. The van der Waals surface area contributed by atoms with Gasteiger partial charge >= 0.3 is 5.97 Å². The minimum atomic E-state index is -3.64. The Morgan fingerprint density at radius 1 is 1.31 bits per heavy atom. The largest absolute Gasteiger partial charge is 0.465 e. The Morgan fingerprint density at radius 3 is 2.50 bits per heavy atom. The van der Waals surface area contributed by atoms with Crippen LogP contribution in [0.25, 0.3) is 0 Å². The number of para-hydroxylation sites is 1. The lowest BCUT2D eigenvalue weighted by Crippen LogP contribution is -2.27. The van der Waals surface area contributed by atoms with E-state index in [2.05, 4.69) is 14.2 Å². The molecular weight excluding hydrogens is 232 g/mol. The maximum Gasteiger partial charge on any atom is 0.339 e. The molecule has 7 heteroatoms. The topological polar surface area (TPSA) is 84.5 Å². The highest BCUT2D eigenvalue weighted by atomic mass is 32.2. The van der Waals surface area contributed by atoms with Crippen LogP contribution in [0, 0.1) is 0 Å². The lowest BCUT2D eigenvalue weighted by atomic mass is 10.2.